The minimum Gasteiger partial charge on any atom is -0.486 e. The third kappa shape index (κ3) is 3.72. The van der Waals surface area contributed by atoms with Gasteiger partial charge in [-0.2, -0.15) is 10.4 Å². The maximum absolute atomic E-state index is 9.15. The molecule has 1 aliphatic rings. The highest BCUT2D eigenvalue weighted by molar-refractivity contribution is 5.88. The van der Waals surface area contributed by atoms with E-state index in [-0.39, 0.29) is 6.10 Å². The molecule has 0 fully saturated rings. The van der Waals surface area contributed by atoms with E-state index >= 15 is 0 Å². The second kappa shape index (κ2) is 7.80. The van der Waals surface area contributed by atoms with E-state index in [1.54, 1.807) is 10.9 Å². The SMILES string of the molecule is Cc1c(Nc2cc(OC3CCCc4cc(C#N)ccc43)ccc2C=N)cnn1C. The maximum Gasteiger partial charge on any atom is 0.124 e. The van der Waals surface area contributed by atoms with Crippen LogP contribution >= 0.6 is 0 Å². The summed E-state index contributed by atoms with van der Waals surface area (Å²) in [5, 5.41) is 24.5. The number of fused-ring (bicyclic) bond motifs is 1. The summed E-state index contributed by atoms with van der Waals surface area (Å²) in [6.45, 7) is 1.99. The van der Waals surface area contributed by atoms with Crippen molar-refractivity contribution in [1.82, 2.24) is 9.78 Å². The van der Waals surface area contributed by atoms with Gasteiger partial charge in [0.1, 0.15) is 11.9 Å². The van der Waals surface area contributed by atoms with Gasteiger partial charge in [0.15, 0.2) is 0 Å². The predicted molar refractivity (Wildman–Crippen MR) is 113 cm³/mol. The van der Waals surface area contributed by atoms with Crippen LogP contribution in [0.3, 0.4) is 0 Å². The largest absolute Gasteiger partial charge is 0.486 e. The van der Waals surface area contributed by atoms with Crippen molar-refractivity contribution in [2.24, 2.45) is 7.05 Å². The van der Waals surface area contributed by atoms with Crippen LogP contribution in [-0.2, 0) is 13.5 Å². The number of anilines is 2. The van der Waals surface area contributed by atoms with E-state index in [0.717, 1.165) is 53.2 Å². The summed E-state index contributed by atoms with van der Waals surface area (Å²) in [7, 11) is 1.90. The van der Waals surface area contributed by atoms with Crippen molar-refractivity contribution in [2.45, 2.75) is 32.3 Å². The molecule has 1 heterocycles. The minimum atomic E-state index is -0.0368. The van der Waals surface area contributed by atoms with Gasteiger partial charge in [-0.15, -0.1) is 0 Å². The molecule has 4 rings (SSSR count). The third-order valence-corrected chi connectivity index (χ3v) is 5.49. The van der Waals surface area contributed by atoms with Gasteiger partial charge < -0.3 is 15.5 Å². The topological polar surface area (TPSA) is 86.7 Å². The molecule has 0 saturated heterocycles. The molecule has 1 unspecified atom stereocenters. The van der Waals surface area contributed by atoms with Crippen molar-refractivity contribution in [3.05, 3.63) is 70.5 Å². The predicted octanol–water partition coefficient (Wildman–Crippen LogP) is 4.80. The van der Waals surface area contributed by atoms with Crippen molar-refractivity contribution in [2.75, 3.05) is 5.32 Å². The Morgan fingerprint density at radius 1 is 1.28 bits per heavy atom. The van der Waals surface area contributed by atoms with E-state index in [1.165, 1.54) is 11.8 Å². The van der Waals surface area contributed by atoms with Crippen LogP contribution in [0.1, 0.15) is 46.9 Å². The van der Waals surface area contributed by atoms with Crippen LogP contribution in [0.15, 0.2) is 42.6 Å². The Balaban J connectivity index is 1.61. The van der Waals surface area contributed by atoms with Gasteiger partial charge >= 0.3 is 0 Å². The summed E-state index contributed by atoms with van der Waals surface area (Å²) < 4.78 is 8.16. The maximum atomic E-state index is 9.15. The fourth-order valence-corrected chi connectivity index (χ4v) is 3.74. The first-order chi connectivity index (χ1) is 14.1. The lowest BCUT2D eigenvalue weighted by Gasteiger charge is -2.27. The number of benzene rings is 2. The zero-order valence-electron chi connectivity index (χ0n) is 16.6. The number of hydrogen-bond donors (Lipinski definition) is 2. The summed E-state index contributed by atoms with van der Waals surface area (Å²) in [6.07, 6.45) is 6.02. The molecule has 2 N–H and O–H groups in total. The lowest BCUT2D eigenvalue weighted by Crippen LogP contribution is -2.15. The number of rotatable bonds is 5. The van der Waals surface area contributed by atoms with Gasteiger partial charge in [-0.1, -0.05) is 6.07 Å². The minimum absolute atomic E-state index is 0.0368. The van der Waals surface area contributed by atoms with Gasteiger partial charge in [-0.3, -0.25) is 4.68 Å². The van der Waals surface area contributed by atoms with Gasteiger partial charge in [0.05, 0.1) is 34.9 Å². The first-order valence-corrected chi connectivity index (χ1v) is 9.69. The Labute approximate surface area is 170 Å². The molecule has 2 aromatic carbocycles. The van der Waals surface area contributed by atoms with Gasteiger partial charge in [-0.25, -0.2) is 0 Å². The van der Waals surface area contributed by atoms with Gasteiger partial charge in [0, 0.05) is 24.9 Å². The van der Waals surface area contributed by atoms with Crippen molar-refractivity contribution in [1.29, 1.82) is 10.7 Å². The van der Waals surface area contributed by atoms with Crippen LogP contribution in [0.4, 0.5) is 11.4 Å². The van der Waals surface area contributed by atoms with Crippen LogP contribution in [0.2, 0.25) is 0 Å². The zero-order valence-corrected chi connectivity index (χ0v) is 16.6. The molecule has 1 atom stereocenters. The first-order valence-electron chi connectivity index (χ1n) is 9.69. The van der Waals surface area contributed by atoms with Gasteiger partial charge in [0.2, 0.25) is 0 Å². The highest BCUT2D eigenvalue weighted by Gasteiger charge is 2.22. The summed E-state index contributed by atoms with van der Waals surface area (Å²) in [5.41, 5.74) is 6.55. The lowest BCUT2D eigenvalue weighted by atomic mass is 9.88. The standard InChI is InChI=1S/C23H23N5O/c1-15-22(14-26-28(15)2)27-21-11-19(8-7-18(21)13-25)29-23-5-3-4-17-10-16(12-24)6-9-20(17)23/h6-11,13-14,23,25,27H,3-5H2,1-2H3. The molecule has 1 aliphatic carbocycles. The Hall–Kier alpha value is -3.59. The molecule has 0 amide bonds. The zero-order chi connectivity index (χ0) is 20.4. The Morgan fingerprint density at radius 3 is 2.86 bits per heavy atom. The molecule has 0 aliphatic heterocycles. The molecule has 0 saturated carbocycles. The van der Waals surface area contributed by atoms with Crippen molar-refractivity contribution < 1.29 is 4.74 Å². The van der Waals surface area contributed by atoms with Crippen LogP contribution in [0.5, 0.6) is 5.75 Å². The molecule has 29 heavy (non-hydrogen) atoms. The quantitative estimate of drug-likeness (QED) is 0.618. The van der Waals surface area contributed by atoms with Crippen molar-refractivity contribution in [3.63, 3.8) is 0 Å². The fraction of sp³-hybridized carbons (Fsp3) is 0.261. The normalized spacial score (nSPS) is 15.3. The molecule has 0 spiro atoms. The first kappa shape index (κ1) is 18.8. The molecule has 6 nitrogen and oxygen atoms in total. The number of ether oxygens (including phenoxy) is 1. The number of nitriles is 1. The summed E-state index contributed by atoms with van der Waals surface area (Å²) >= 11 is 0. The summed E-state index contributed by atoms with van der Waals surface area (Å²) in [4.78, 5) is 0. The molecule has 6 heteroatoms. The van der Waals surface area contributed by atoms with Crippen LogP contribution < -0.4 is 10.1 Å². The van der Waals surface area contributed by atoms with Gasteiger partial charge in [0.25, 0.3) is 0 Å². The Kier molecular flexibility index (Phi) is 5.05. The summed E-state index contributed by atoms with van der Waals surface area (Å²) in [5.74, 6) is 0.752. The van der Waals surface area contributed by atoms with E-state index in [1.807, 2.05) is 50.4 Å². The van der Waals surface area contributed by atoms with Gasteiger partial charge in [-0.05, 0) is 61.6 Å². The number of nitrogens with zero attached hydrogens (tertiary/aromatic N) is 3. The van der Waals surface area contributed by atoms with Crippen molar-refractivity contribution >= 4 is 17.6 Å². The molecule has 3 aromatic rings. The molecular formula is C23H23N5O. The second-order valence-electron chi connectivity index (χ2n) is 7.31. The fourth-order valence-electron chi connectivity index (χ4n) is 3.74. The number of aromatic nitrogens is 2. The molecule has 0 bridgehead atoms. The molecule has 146 valence electrons. The van der Waals surface area contributed by atoms with E-state index in [9.17, 15) is 0 Å². The Bertz CT molecular complexity index is 1110. The molecule has 0 radical (unpaired) electrons. The number of aryl methyl sites for hydroxylation is 2. The third-order valence-electron chi connectivity index (χ3n) is 5.49. The highest BCUT2D eigenvalue weighted by Crippen LogP contribution is 2.35. The highest BCUT2D eigenvalue weighted by atomic mass is 16.5. The molecular weight excluding hydrogens is 362 g/mol. The smallest absolute Gasteiger partial charge is 0.124 e. The monoisotopic (exact) mass is 385 g/mol. The van der Waals surface area contributed by atoms with Crippen LogP contribution in [0, 0.1) is 23.7 Å². The molecule has 1 aromatic heterocycles. The van der Waals surface area contributed by atoms with Crippen molar-refractivity contribution in [3.8, 4) is 11.8 Å². The summed E-state index contributed by atoms with van der Waals surface area (Å²) in [6, 6.07) is 13.8. The average molecular weight is 385 g/mol. The van der Waals surface area contributed by atoms with Crippen LogP contribution in [-0.4, -0.2) is 16.0 Å². The van der Waals surface area contributed by atoms with E-state index in [2.05, 4.69) is 16.5 Å². The van der Waals surface area contributed by atoms with Crippen LogP contribution in [0.25, 0.3) is 0 Å². The average Bonchev–Trinajstić information content (AvgIpc) is 3.06. The number of hydrogen-bond acceptors (Lipinski definition) is 5. The number of nitrogens with one attached hydrogen (secondary N) is 2. The van der Waals surface area contributed by atoms with E-state index in [0.29, 0.717) is 5.56 Å². The van der Waals surface area contributed by atoms with E-state index < -0.39 is 0 Å². The van der Waals surface area contributed by atoms with E-state index in [4.69, 9.17) is 15.4 Å². The Morgan fingerprint density at radius 2 is 2.14 bits per heavy atom. The lowest BCUT2D eigenvalue weighted by molar-refractivity contribution is 0.183. The second-order valence-corrected chi connectivity index (χ2v) is 7.31.